The Bertz CT molecular complexity index is 264. The van der Waals surface area contributed by atoms with Crippen LogP contribution >= 0.6 is 0 Å². The van der Waals surface area contributed by atoms with Crippen LogP contribution in [0.5, 0.6) is 5.75 Å². The second kappa shape index (κ2) is 4.99. The van der Waals surface area contributed by atoms with Crippen molar-refractivity contribution in [1.29, 1.82) is 0 Å². The summed E-state index contributed by atoms with van der Waals surface area (Å²) in [7, 11) is 0. The van der Waals surface area contributed by atoms with Gasteiger partial charge in [-0.1, -0.05) is 27.7 Å². The lowest BCUT2D eigenvalue weighted by Gasteiger charge is -2.09. The maximum absolute atomic E-state index is 5.54. The van der Waals surface area contributed by atoms with Crippen LogP contribution in [-0.4, -0.2) is 11.6 Å². The van der Waals surface area contributed by atoms with E-state index in [1.807, 2.05) is 12.1 Å². The van der Waals surface area contributed by atoms with Gasteiger partial charge in [-0.25, -0.2) is 0 Å². The first-order chi connectivity index (χ1) is 6.59. The number of hydrogen-bond donors (Lipinski definition) is 0. The van der Waals surface area contributed by atoms with Gasteiger partial charge in [0, 0.05) is 5.69 Å². The highest BCUT2D eigenvalue weighted by molar-refractivity contribution is 5.21. The Morgan fingerprint density at radius 2 is 1.93 bits per heavy atom. The summed E-state index contributed by atoms with van der Waals surface area (Å²) in [6.07, 6.45) is 1.80. The third-order valence-electron chi connectivity index (χ3n) is 1.93. The molecule has 1 heterocycles. The lowest BCUT2D eigenvalue weighted by Crippen LogP contribution is -2.05. The van der Waals surface area contributed by atoms with Crippen LogP contribution in [0.2, 0.25) is 0 Å². The van der Waals surface area contributed by atoms with Gasteiger partial charge in [-0.3, -0.25) is 4.98 Å². The normalized spacial score (nSPS) is 11.0. The van der Waals surface area contributed by atoms with Gasteiger partial charge in [-0.2, -0.15) is 0 Å². The van der Waals surface area contributed by atoms with Crippen LogP contribution in [0.3, 0.4) is 0 Å². The van der Waals surface area contributed by atoms with Gasteiger partial charge >= 0.3 is 0 Å². The monoisotopic (exact) mass is 193 g/mol. The molecule has 1 aromatic rings. The molecule has 0 radical (unpaired) electrons. The van der Waals surface area contributed by atoms with Gasteiger partial charge in [0.25, 0.3) is 0 Å². The molecule has 0 spiro atoms. The molecule has 0 aliphatic heterocycles. The lowest BCUT2D eigenvalue weighted by molar-refractivity contribution is 0.270. The van der Waals surface area contributed by atoms with E-state index < -0.39 is 0 Å². The Balaban J connectivity index is 2.55. The molecule has 0 N–H and O–H groups in total. The van der Waals surface area contributed by atoms with Gasteiger partial charge < -0.3 is 4.74 Å². The minimum atomic E-state index is 0.481. The molecule has 0 fully saturated rings. The number of aromatic nitrogens is 1. The van der Waals surface area contributed by atoms with Crippen molar-refractivity contribution >= 4 is 0 Å². The van der Waals surface area contributed by atoms with Crippen molar-refractivity contribution in [2.75, 3.05) is 6.61 Å². The zero-order valence-corrected chi connectivity index (χ0v) is 9.45. The summed E-state index contributed by atoms with van der Waals surface area (Å²) in [5.41, 5.74) is 1.11. The number of rotatable bonds is 4. The molecule has 0 aromatic carbocycles. The second-order valence-corrected chi connectivity index (χ2v) is 4.28. The van der Waals surface area contributed by atoms with Crippen molar-refractivity contribution in [3.63, 3.8) is 0 Å². The molecule has 0 amide bonds. The molecule has 2 nitrogen and oxygen atoms in total. The molecule has 1 rings (SSSR count). The van der Waals surface area contributed by atoms with Crippen molar-refractivity contribution < 1.29 is 4.74 Å². The van der Waals surface area contributed by atoms with Gasteiger partial charge in [0.05, 0.1) is 12.8 Å². The maximum Gasteiger partial charge on any atom is 0.137 e. The predicted molar refractivity (Wildman–Crippen MR) is 58.7 cm³/mol. The van der Waals surface area contributed by atoms with Crippen LogP contribution in [0.4, 0.5) is 0 Å². The summed E-state index contributed by atoms with van der Waals surface area (Å²) in [5, 5.41) is 0. The molecule has 0 aliphatic rings. The average molecular weight is 193 g/mol. The summed E-state index contributed by atoms with van der Waals surface area (Å²) < 4.78 is 5.54. The minimum Gasteiger partial charge on any atom is -0.492 e. The SMILES string of the molecule is CC(C)COc1ccc(C(C)C)nc1. The van der Waals surface area contributed by atoms with Crippen LogP contribution in [0.1, 0.15) is 39.3 Å². The summed E-state index contributed by atoms with van der Waals surface area (Å²) in [6, 6.07) is 4.02. The fourth-order valence-electron chi connectivity index (χ4n) is 1.08. The Labute approximate surface area is 86.3 Å². The van der Waals surface area contributed by atoms with Gasteiger partial charge in [0.1, 0.15) is 5.75 Å². The maximum atomic E-state index is 5.54. The Morgan fingerprint density at radius 1 is 1.21 bits per heavy atom. The third-order valence-corrected chi connectivity index (χ3v) is 1.93. The van der Waals surface area contributed by atoms with Crippen molar-refractivity contribution in [3.05, 3.63) is 24.0 Å². The standard InChI is InChI=1S/C12H19NO/c1-9(2)8-14-11-5-6-12(10(3)4)13-7-11/h5-7,9-10H,8H2,1-4H3. The molecule has 0 unspecified atom stereocenters. The van der Waals surface area contributed by atoms with E-state index >= 15 is 0 Å². The van der Waals surface area contributed by atoms with Crippen LogP contribution in [0.25, 0.3) is 0 Å². The molecule has 0 atom stereocenters. The van der Waals surface area contributed by atoms with Gasteiger partial charge in [-0.05, 0) is 24.0 Å². The van der Waals surface area contributed by atoms with Crippen LogP contribution in [-0.2, 0) is 0 Å². The molecule has 0 saturated heterocycles. The summed E-state index contributed by atoms with van der Waals surface area (Å²) in [5.74, 6) is 1.90. The molecule has 0 bridgehead atoms. The largest absolute Gasteiger partial charge is 0.492 e. The Kier molecular flexibility index (Phi) is 3.93. The zero-order valence-electron chi connectivity index (χ0n) is 9.45. The third kappa shape index (κ3) is 3.36. The first-order valence-corrected chi connectivity index (χ1v) is 5.18. The Hall–Kier alpha value is -1.05. The van der Waals surface area contributed by atoms with Crippen molar-refractivity contribution in [1.82, 2.24) is 4.98 Å². The van der Waals surface area contributed by atoms with E-state index in [2.05, 4.69) is 32.7 Å². The fourth-order valence-corrected chi connectivity index (χ4v) is 1.08. The molecule has 0 saturated carbocycles. The lowest BCUT2D eigenvalue weighted by atomic mass is 10.1. The average Bonchev–Trinajstić information content (AvgIpc) is 2.15. The summed E-state index contributed by atoms with van der Waals surface area (Å²) in [6.45, 7) is 9.29. The fraction of sp³-hybridized carbons (Fsp3) is 0.583. The zero-order chi connectivity index (χ0) is 10.6. The molecule has 0 aliphatic carbocycles. The second-order valence-electron chi connectivity index (χ2n) is 4.28. The molecular formula is C12H19NO. The van der Waals surface area contributed by atoms with Crippen LogP contribution < -0.4 is 4.74 Å². The van der Waals surface area contributed by atoms with Crippen LogP contribution in [0, 0.1) is 5.92 Å². The predicted octanol–water partition coefficient (Wildman–Crippen LogP) is 3.24. The number of pyridine rings is 1. The van der Waals surface area contributed by atoms with E-state index in [-0.39, 0.29) is 0 Å². The number of ether oxygens (including phenoxy) is 1. The van der Waals surface area contributed by atoms with E-state index in [4.69, 9.17) is 4.74 Å². The van der Waals surface area contributed by atoms with Crippen molar-refractivity contribution in [3.8, 4) is 5.75 Å². The Morgan fingerprint density at radius 3 is 2.36 bits per heavy atom. The highest BCUT2D eigenvalue weighted by Gasteiger charge is 2.01. The number of nitrogens with zero attached hydrogens (tertiary/aromatic N) is 1. The highest BCUT2D eigenvalue weighted by atomic mass is 16.5. The van der Waals surface area contributed by atoms with Gasteiger partial charge in [0.15, 0.2) is 0 Å². The van der Waals surface area contributed by atoms with Gasteiger partial charge in [-0.15, -0.1) is 0 Å². The van der Waals surface area contributed by atoms with Crippen LogP contribution in [0.15, 0.2) is 18.3 Å². The molecule has 1 aromatic heterocycles. The first-order valence-electron chi connectivity index (χ1n) is 5.18. The van der Waals surface area contributed by atoms with Crippen molar-refractivity contribution in [2.45, 2.75) is 33.6 Å². The summed E-state index contributed by atoms with van der Waals surface area (Å²) >= 11 is 0. The molecule has 78 valence electrons. The van der Waals surface area contributed by atoms with E-state index in [9.17, 15) is 0 Å². The molecule has 14 heavy (non-hydrogen) atoms. The van der Waals surface area contributed by atoms with E-state index in [1.165, 1.54) is 0 Å². The topological polar surface area (TPSA) is 22.1 Å². The highest BCUT2D eigenvalue weighted by Crippen LogP contribution is 2.15. The van der Waals surface area contributed by atoms with Gasteiger partial charge in [0.2, 0.25) is 0 Å². The van der Waals surface area contributed by atoms with E-state index in [0.29, 0.717) is 11.8 Å². The quantitative estimate of drug-likeness (QED) is 0.732. The summed E-state index contributed by atoms with van der Waals surface area (Å²) in [4.78, 5) is 4.33. The van der Waals surface area contributed by atoms with Crippen molar-refractivity contribution in [2.24, 2.45) is 5.92 Å². The van der Waals surface area contributed by atoms with E-state index in [0.717, 1.165) is 18.1 Å². The minimum absolute atomic E-state index is 0.481. The molecule has 2 heteroatoms. The smallest absolute Gasteiger partial charge is 0.137 e. The number of hydrogen-bond acceptors (Lipinski definition) is 2. The van der Waals surface area contributed by atoms with E-state index in [1.54, 1.807) is 6.20 Å². The first kappa shape index (κ1) is 11.0. The molecular weight excluding hydrogens is 174 g/mol.